The van der Waals surface area contributed by atoms with E-state index in [1.807, 2.05) is 0 Å². The van der Waals surface area contributed by atoms with Gasteiger partial charge in [0.25, 0.3) is 5.91 Å². The molecule has 0 atom stereocenters. The second-order valence-corrected chi connectivity index (χ2v) is 6.05. The van der Waals surface area contributed by atoms with Crippen molar-refractivity contribution in [1.29, 1.82) is 0 Å². The van der Waals surface area contributed by atoms with E-state index in [1.54, 1.807) is 22.9 Å². The molecule has 0 spiro atoms. The van der Waals surface area contributed by atoms with Crippen LogP contribution in [0.1, 0.15) is 28.2 Å². The van der Waals surface area contributed by atoms with Crippen LogP contribution in [0.4, 0.5) is 0 Å². The molecule has 120 valence electrons. The minimum Gasteiger partial charge on any atom is -0.480 e. The normalized spacial score (nSPS) is 13.0. The van der Waals surface area contributed by atoms with Gasteiger partial charge in [0, 0.05) is 16.3 Å². The van der Waals surface area contributed by atoms with Crippen molar-refractivity contribution in [3.8, 4) is 5.69 Å². The standard InChI is InChI=1S/C15H13Cl2N3O3/c16-8-4-5-12(10(17)6-8)20-11-3-1-2-9(11)14(19-20)15(23)18-7-13(21)22/h4-6H,1-3,7H2,(H,18,23)(H,21,22). The molecule has 0 unspecified atom stereocenters. The van der Waals surface area contributed by atoms with Gasteiger partial charge in [-0.05, 0) is 37.5 Å². The van der Waals surface area contributed by atoms with Crippen molar-refractivity contribution in [2.75, 3.05) is 6.54 Å². The quantitative estimate of drug-likeness (QED) is 0.884. The van der Waals surface area contributed by atoms with E-state index >= 15 is 0 Å². The molecule has 0 radical (unpaired) electrons. The van der Waals surface area contributed by atoms with E-state index in [0.717, 1.165) is 30.5 Å². The predicted octanol–water partition coefficient (Wildman–Crippen LogP) is 2.48. The number of carbonyl (C=O) groups excluding carboxylic acids is 1. The number of hydrogen-bond donors (Lipinski definition) is 2. The van der Waals surface area contributed by atoms with Crippen molar-refractivity contribution in [2.45, 2.75) is 19.3 Å². The van der Waals surface area contributed by atoms with Gasteiger partial charge in [-0.25, -0.2) is 4.68 Å². The monoisotopic (exact) mass is 353 g/mol. The highest BCUT2D eigenvalue weighted by Gasteiger charge is 2.27. The van der Waals surface area contributed by atoms with Crippen LogP contribution >= 0.6 is 23.2 Å². The summed E-state index contributed by atoms with van der Waals surface area (Å²) >= 11 is 12.1. The number of aromatic nitrogens is 2. The number of amides is 1. The van der Waals surface area contributed by atoms with Crippen LogP contribution in [-0.4, -0.2) is 33.3 Å². The van der Waals surface area contributed by atoms with Crippen molar-refractivity contribution in [2.24, 2.45) is 0 Å². The maximum absolute atomic E-state index is 12.2. The third-order valence-corrected chi connectivity index (χ3v) is 4.22. The number of nitrogens with zero attached hydrogens (tertiary/aromatic N) is 2. The molecular formula is C15H13Cl2N3O3. The van der Waals surface area contributed by atoms with Gasteiger partial charge in [-0.1, -0.05) is 23.2 Å². The first-order chi connectivity index (χ1) is 11.0. The summed E-state index contributed by atoms with van der Waals surface area (Å²) < 4.78 is 1.65. The molecule has 1 amide bonds. The van der Waals surface area contributed by atoms with Crippen LogP contribution in [0.5, 0.6) is 0 Å². The van der Waals surface area contributed by atoms with Gasteiger partial charge < -0.3 is 10.4 Å². The van der Waals surface area contributed by atoms with Crippen molar-refractivity contribution < 1.29 is 14.7 Å². The molecule has 0 aliphatic heterocycles. The molecule has 6 nitrogen and oxygen atoms in total. The molecule has 3 rings (SSSR count). The number of rotatable bonds is 4. The Morgan fingerprint density at radius 1 is 1.30 bits per heavy atom. The summed E-state index contributed by atoms with van der Waals surface area (Å²) in [5.41, 5.74) is 2.67. The number of carboxylic acids is 1. The van der Waals surface area contributed by atoms with E-state index < -0.39 is 18.4 Å². The highest BCUT2D eigenvalue weighted by molar-refractivity contribution is 6.35. The van der Waals surface area contributed by atoms with E-state index in [9.17, 15) is 9.59 Å². The van der Waals surface area contributed by atoms with Gasteiger partial charge in [0.15, 0.2) is 5.69 Å². The average Bonchev–Trinajstić information content (AvgIpc) is 3.07. The minimum absolute atomic E-state index is 0.254. The number of hydrogen-bond acceptors (Lipinski definition) is 3. The van der Waals surface area contributed by atoms with Gasteiger partial charge in [-0.2, -0.15) is 5.10 Å². The van der Waals surface area contributed by atoms with Crippen LogP contribution in [0, 0.1) is 0 Å². The molecule has 23 heavy (non-hydrogen) atoms. The third kappa shape index (κ3) is 3.04. The molecule has 8 heteroatoms. The molecule has 1 heterocycles. The minimum atomic E-state index is -1.10. The second-order valence-electron chi connectivity index (χ2n) is 5.21. The van der Waals surface area contributed by atoms with Gasteiger partial charge >= 0.3 is 5.97 Å². The third-order valence-electron chi connectivity index (χ3n) is 3.68. The van der Waals surface area contributed by atoms with E-state index in [-0.39, 0.29) is 5.69 Å². The van der Waals surface area contributed by atoms with E-state index in [2.05, 4.69) is 10.4 Å². The first-order valence-corrected chi connectivity index (χ1v) is 7.79. The number of aliphatic carboxylic acids is 1. The first kappa shape index (κ1) is 15.8. The average molecular weight is 354 g/mol. The summed E-state index contributed by atoms with van der Waals surface area (Å²) in [7, 11) is 0. The Morgan fingerprint density at radius 3 is 2.78 bits per heavy atom. The zero-order valence-electron chi connectivity index (χ0n) is 12.0. The summed E-state index contributed by atoms with van der Waals surface area (Å²) in [4.78, 5) is 22.8. The van der Waals surface area contributed by atoms with Crippen LogP contribution < -0.4 is 5.32 Å². The summed E-state index contributed by atoms with van der Waals surface area (Å²) in [5.74, 6) is -1.59. The molecular weight excluding hydrogens is 341 g/mol. The maximum atomic E-state index is 12.2. The smallest absolute Gasteiger partial charge is 0.322 e. The predicted molar refractivity (Wildman–Crippen MR) is 85.6 cm³/mol. The van der Waals surface area contributed by atoms with Crippen LogP contribution in [0.3, 0.4) is 0 Å². The molecule has 1 aliphatic carbocycles. The highest BCUT2D eigenvalue weighted by Crippen LogP contribution is 2.31. The Bertz CT molecular complexity index is 802. The fraction of sp³-hybridized carbons (Fsp3) is 0.267. The lowest BCUT2D eigenvalue weighted by atomic mass is 10.2. The van der Waals surface area contributed by atoms with Crippen molar-refractivity contribution in [3.05, 3.63) is 45.2 Å². The van der Waals surface area contributed by atoms with Gasteiger partial charge in [0.05, 0.1) is 10.7 Å². The molecule has 2 aromatic rings. The van der Waals surface area contributed by atoms with E-state index in [0.29, 0.717) is 15.7 Å². The van der Waals surface area contributed by atoms with Crippen molar-refractivity contribution in [3.63, 3.8) is 0 Å². The Balaban J connectivity index is 2.01. The fourth-order valence-corrected chi connectivity index (χ4v) is 3.20. The molecule has 1 aromatic carbocycles. The molecule has 2 N–H and O–H groups in total. The lowest BCUT2D eigenvalue weighted by Crippen LogP contribution is -2.30. The molecule has 0 fully saturated rings. The Hall–Kier alpha value is -2.05. The summed E-state index contributed by atoms with van der Waals surface area (Å²) in [6.07, 6.45) is 2.43. The zero-order chi connectivity index (χ0) is 16.6. The summed E-state index contributed by atoms with van der Waals surface area (Å²) in [6.45, 7) is -0.442. The number of carboxylic acid groups (broad SMARTS) is 1. The molecule has 0 saturated heterocycles. The van der Waals surface area contributed by atoms with Crippen molar-refractivity contribution >= 4 is 35.1 Å². The Kier molecular flexibility index (Phi) is 4.28. The number of nitrogens with one attached hydrogen (secondary N) is 1. The number of fused-ring (bicyclic) bond motifs is 1. The number of halogens is 2. The Labute approximate surface area is 142 Å². The van der Waals surface area contributed by atoms with Gasteiger partial charge in [0.1, 0.15) is 6.54 Å². The van der Waals surface area contributed by atoms with Gasteiger partial charge in [-0.15, -0.1) is 0 Å². The largest absolute Gasteiger partial charge is 0.480 e. The summed E-state index contributed by atoms with van der Waals surface area (Å²) in [6, 6.07) is 5.07. The number of carbonyl (C=O) groups is 2. The van der Waals surface area contributed by atoms with Crippen molar-refractivity contribution in [1.82, 2.24) is 15.1 Å². The molecule has 1 aliphatic rings. The Morgan fingerprint density at radius 2 is 2.09 bits per heavy atom. The zero-order valence-corrected chi connectivity index (χ0v) is 13.5. The van der Waals surface area contributed by atoms with Crippen LogP contribution in [-0.2, 0) is 17.6 Å². The van der Waals surface area contributed by atoms with E-state index in [1.165, 1.54) is 0 Å². The second kappa shape index (κ2) is 6.22. The molecule has 0 saturated carbocycles. The lowest BCUT2D eigenvalue weighted by Gasteiger charge is -2.08. The highest BCUT2D eigenvalue weighted by atomic mass is 35.5. The van der Waals surface area contributed by atoms with Gasteiger partial charge in [-0.3, -0.25) is 9.59 Å². The number of benzene rings is 1. The van der Waals surface area contributed by atoms with Gasteiger partial charge in [0.2, 0.25) is 0 Å². The van der Waals surface area contributed by atoms with Crippen LogP contribution in [0.25, 0.3) is 5.69 Å². The van der Waals surface area contributed by atoms with Crippen LogP contribution in [0.15, 0.2) is 18.2 Å². The molecule has 0 bridgehead atoms. The lowest BCUT2D eigenvalue weighted by molar-refractivity contribution is -0.135. The van der Waals surface area contributed by atoms with Crippen LogP contribution in [0.2, 0.25) is 10.0 Å². The topological polar surface area (TPSA) is 84.2 Å². The maximum Gasteiger partial charge on any atom is 0.322 e. The first-order valence-electron chi connectivity index (χ1n) is 7.03. The van der Waals surface area contributed by atoms with E-state index in [4.69, 9.17) is 28.3 Å². The summed E-state index contributed by atoms with van der Waals surface area (Å²) in [5, 5.41) is 16.3. The molecule has 1 aromatic heterocycles. The fourth-order valence-electron chi connectivity index (χ4n) is 2.71. The SMILES string of the molecule is O=C(O)CNC(=O)c1nn(-c2ccc(Cl)cc2Cl)c2c1CCC2.